The molecule has 4 heterocycles. The van der Waals surface area contributed by atoms with Crippen LogP contribution in [0.25, 0.3) is 0 Å². The van der Waals surface area contributed by atoms with E-state index in [1.165, 1.54) is 22.5 Å². The second-order valence-electron chi connectivity index (χ2n) is 12.2. The lowest BCUT2D eigenvalue weighted by molar-refractivity contribution is -0.118. The number of nitrogens with one attached hydrogen (secondary N) is 1. The maximum Gasteiger partial charge on any atom is 0.252 e. The summed E-state index contributed by atoms with van der Waals surface area (Å²) in [4.78, 5) is 39.1. The van der Waals surface area contributed by atoms with Crippen molar-refractivity contribution in [3.8, 4) is 0 Å². The Labute approximate surface area is 256 Å². The zero-order chi connectivity index (χ0) is 30.5. The van der Waals surface area contributed by atoms with E-state index >= 15 is 0 Å². The Hall–Kier alpha value is -3.91. The summed E-state index contributed by atoms with van der Waals surface area (Å²) in [7, 11) is 3.80. The number of nitrogens with zero attached hydrogens (tertiary/aromatic N) is 5. The number of carbonyl (C=O) groups excluding carboxylic acids is 2. The molecule has 0 aliphatic carbocycles. The van der Waals surface area contributed by atoms with Crippen LogP contribution in [0.2, 0.25) is 0 Å². The zero-order valence-electron chi connectivity index (χ0n) is 26.2. The minimum Gasteiger partial charge on any atom is -0.372 e. The number of carbonyl (C=O) groups is 2. The van der Waals surface area contributed by atoms with E-state index in [1.807, 2.05) is 17.0 Å². The lowest BCUT2D eigenvalue weighted by Crippen LogP contribution is -2.43. The molecule has 228 valence electrons. The summed E-state index contributed by atoms with van der Waals surface area (Å²) in [6.07, 6.45) is 9.20. The van der Waals surface area contributed by atoms with E-state index in [1.54, 1.807) is 13.2 Å². The molecule has 0 saturated carbocycles. The Balaban J connectivity index is 1.30. The summed E-state index contributed by atoms with van der Waals surface area (Å²) < 4.78 is 0. The van der Waals surface area contributed by atoms with Crippen molar-refractivity contribution >= 4 is 17.5 Å². The van der Waals surface area contributed by atoms with Gasteiger partial charge in [-0.25, -0.2) is 0 Å². The minimum atomic E-state index is -0.143. The van der Waals surface area contributed by atoms with Gasteiger partial charge in [0.1, 0.15) is 0 Å². The van der Waals surface area contributed by atoms with Crippen LogP contribution >= 0.6 is 0 Å². The van der Waals surface area contributed by atoms with Gasteiger partial charge in [0.15, 0.2) is 0 Å². The van der Waals surface area contributed by atoms with Crippen LogP contribution in [0, 0.1) is 0 Å². The number of piperazine rings is 1. The van der Waals surface area contributed by atoms with Crippen molar-refractivity contribution in [2.24, 2.45) is 0 Å². The predicted octanol–water partition coefficient (Wildman–Crippen LogP) is 4.71. The summed E-state index contributed by atoms with van der Waals surface area (Å²) in [5, 5.41) is 2.64. The molecule has 2 amide bonds. The van der Waals surface area contributed by atoms with Crippen LogP contribution in [0.3, 0.4) is 0 Å². The number of fused-ring (bicyclic) bond motifs is 1. The standard InChI is InChI=1S/C35H46N6O2/c1-25(2)20-32(21-26(3)39-18-16-38(5)17-19-39)40-14-12-27-6-9-31(22-30(27)24-40)41-15-13-28(8-11-34(41)42)33-10-7-29(23-37-33)35(43)36-4/h6-7,9-10,20-23,28H,1,8,11-19,24H2,2-5H3,(H,36,43). The molecule has 1 N–H and O–H groups in total. The second-order valence-corrected chi connectivity index (χ2v) is 12.2. The number of pyridine rings is 1. The largest absolute Gasteiger partial charge is 0.372 e. The molecule has 2 aromatic rings. The average Bonchev–Trinajstić information content (AvgIpc) is 3.21. The first-order chi connectivity index (χ1) is 20.7. The first-order valence-electron chi connectivity index (χ1n) is 15.6. The Morgan fingerprint density at radius 2 is 1.74 bits per heavy atom. The molecule has 5 rings (SSSR count). The summed E-state index contributed by atoms with van der Waals surface area (Å²) in [6, 6.07) is 10.3. The second kappa shape index (κ2) is 13.6. The topological polar surface area (TPSA) is 72.0 Å². The number of rotatable bonds is 7. The molecule has 3 aliphatic heterocycles. The molecule has 0 spiro atoms. The summed E-state index contributed by atoms with van der Waals surface area (Å²) in [6.45, 7) is 15.1. The van der Waals surface area contributed by atoms with Crippen molar-refractivity contribution in [1.29, 1.82) is 0 Å². The maximum absolute atomic E-state index is 13.3. The molecule has 3 aliphatic rings. The number of benzene rings is 1. The SMILES string of the molecule is C=C(C)C=C(C=C(C)N1CCN(C)CC1)N1CCc2ccc(N3CCC(c4ccc(C(=O)NC)cn4)CCC3=O)cc2C1. The smallest absolute Gasteiger partial charge is 0.252 e. The molecule has 2 saturated heterocycles. The van der Waals surface area contributed by atoms with E-state index in [0.717, 1.165) is 75.5 Å². The Kier molecular flexibility index (Phi) is 9.65. The van der Waals surface area contributed by atoms with E-state index in [2.05, 4.69) is 82.8 Å². The van der Waals surface area contributed by atoms with Crippen molar-refractivity contribution in [2.75, 3.05) is 58.3 Å². The van der Waals surface area contributed by atoms with Crippen LogP contribution in [0.1, 0.15) is 66.2 Å². The number of hydrogen-bond donors (Lipinski definition) is 1. The van der Waals surface area contributed by atoms with Crippen molar-refractivity contribution in [3.63, 3.8) is 0 Å². The number of anilines is 1. The number of amides is 2. The van der Waals surface area contributed by atoms with Gasteiger partial charge in [-0.1, -0.05) is 18.2 Å². The van der Waals surface area contributed by atoms with Gasteiger partial charge in [-0.05, 0) is 87.7 Å². The molecule has 1 aromatic heterocycles. The number of allylic oxidation sites excluding steroid dienone is 4. The molecular formula is C35H46N6O2. The van der Waals surface area contributed by atoms with Crippen LogP contribution in [-0.2, 0) is 17.8 Å². The molecular weight excluding hydrogens is 536 g/mol. The van der Waals surface area contributed by atoms with E-state index in [9.17, 15) is 9.59 Å². The van der Waals surface area contributed by atoms with Gasteiger partial charge in [-0.2, -0.15) is 0 Å². The van der Waals surface area contributed by atoms with Crippen LogP contribution in [0.5, 0.6) is 0 Å². The summed E-state index contributed by atoms with van der Waals surface area (Å²) in [5.74, 6) is 0.201. The van der Waals surface area contributed by atoms with Gasteiger partial charge >= 0.3 is 0 Å². The van der Waals surface area contributed by atoms with Crippen molar-refractivity contribution in [2.45, 2.75) is 52.0 Å². The minimum absolute atomic E-state index is 0.143. The van der Waals surface area contributed by atoms with Crippen LogP contribution in [0.4, 0.5) is 5.69 Å². The van der Waals surface area contributed by atoms with Crippen LogP contribution in [0.15, 0.2) is 72.2 Å². The highest BCUT2D eigenvalue weighted by molar-refractivity contribution is 5.94. The molecule has 43 heavy (non-hydrogen) atoms. The monoisotopic (exact) mass is 582 g/mol. The summed E-state index contributed by atoms with van der Waals surface area (Å²) >= 11 is 0. The lowest BCUT2D eigenvalue weighted by Gasteiger charge is -2.36. The fourth-order valence-electron chi connectivity index (χ4n) is 6.35. The van der Waals surface area contributed by atoms with E-state index in [0.29, 0.717) is 18.5 Å². The van der Waals surface area contributed by atoms with Gasteiger partial charge in [0.05, 0.1) is 5.56 Å². The maximum atomic E-state index is 13.3. The van der Waals surface area contributed by atoms with Gasteiger partial charge < -0.3 is 24.9 Å². The average molecular weight is 583 g/mol. The molecule has 1 unspecified atom stereocenters. The highest BCUT2D eigenvalue weighted by atomic mass is 16.2. The fraction of sp³-hybridized carbons (Fsp3) is 0.457. The number of hydrogen-bond acceptors (Lipinski definition) is 6. The van der Waals surface area contributed by atoms with Gasteiger partial charge in [-0.3, -0.25) is 14.6 Å². The Morgan fingerprint density at radius 3 is 2.44 bits per heavy atom. The Morgan fingerprint density at radius 1 is 0.953 bits per heavy atom. The summed E-state index contributed by atoms with van der Waals surface area (Å²) in [5.41, 5.74) is 8.64. The van der Waals surface area contributed by atoms with Crippen molar-refractivity contribution in [3.05, 3.63) is 94.6 Å². The predicted molar refractivity (Wildman–Crippen MR) is 173 cm³/mol. The molecule has 0 bridgehead atoms. The van der Waals surface area contributed by atoms with Crippen molar-refractivity contribution in [1.82, 2.24) is 25.0 Å². The van der Waals surface area contributed by atoms with E-state index in [4.69, 9.17) is 0 Å². The third-order valence-electron chi connectivity index (χ3n) is 9.03. The van der Waals surface area contributed by atoms with Crippen LogP contribution < -0.4 is 10.2 Å². The van der Waals surface area contributed by atoms with Gasteiger partial charge in [-0.15, -0.1) is 0 Å². The zero-order valence-corrected chi connectivity index (χ0v) is 26.2. The molecule has 1 aromatic carbocycles. The quantitative estimate of drug-likeness (QED) is 0.477. The molecule has 0 radical (unpaired) electrons. The number of aromatic nitrogens is 1. The molecule has 8 nitrogen and oxygen atoms in total. The van der Waals surface area contributed by atoms with Gasteiger partial charge in [0, 0.05) is 94.2 Å². The molecule has 2 fully saturated rings. The first-order valence-corrected chi connectivity index (χ1v) is 15.6. The van der Waals surface area contributed by atoms with E-state index in [-0.39, 0.29) is 17.7 Å². The third kappa shape index (κ3) is 7.36. The molecule has 8 heteroatoms. The number of likely N-dealkylation sites (N-methyl/N-ethyl adjacent to an activating group) is 1. The van der Waals surface area contributed by atoms with Crippen molar-refractivity contribution < 1.29 is 9.59 Å². The third-order valence-corrected chi connectivity index (χ3v) is 9.03. The fourth-order valence-corrected chi connectivity index (χ4v) is 6.35. The molecule has 1 atom stereocenters. The van der Waals surface area contributed by atoms with Gasteiger partial charge in [0.2, 0.25) is 5.91 Å². The first kappa shape index (κ1) is 30.5. The highest BCUT2D eigenvalue weighted by Crippen LogP contribution is 2.32. The Bertz CT molecular complexity index is 1400. The van der Waals surface area contributed by atoms with Gasteiger partial charge in [0.25, 0.3) is 5.91 Å². The normalized spacial score (nSPS) is 20.5. The van der Waals surface area contributed by atoms with Crippen LogP contribution in [-0.4, -0.2) is 84.9 Å². The highest BCUT2D eigenvalue weighted by Gasteiger charge is 2.27. The van der Waals surface area contributed by atoms with E-state index < -0.39 is 0 Å². The lowest BCUT2D eigenvalue weighted by atomic mass is 9.96.